The molecule has 3 unspecified atom stereocenters. The lowest BCUT2D eigenvalue weighted by atomic mass is 10.1. The number of hydrogen-bond acceptors (Lipinski definition) is 5. The molecule has 70 valence electrons. The number of rotatable bonds is 1. The summed E-state index contributed by atoms with van der Waals surface area (Å²) in [6, 6.07) is -0.0188. The Labute approximate surface area is 70.4 Å². The molecule has 0 radical (unpaired) electrons. The van der Waals surface area contributed by atoms with Gasteiger partial charge in [0, 0.05) is 0 Å². The van der Waals surface area contributed by atoms with Gasteiger partial charge in [-0.05, 0) is 6.42 Å². The molecule has 0 saturated carbocycles. The zero-order valence-electron chi connectivity index (χ0n) is 6.72. The number of nitrogens with zero attached hydrogens (tertiary/aromatic N) is 1. The molecule has 2 heterocycles. The van der Waals surface area contributed by atoms with Gasteiger partial charge >= 0.3 is 0 Å². The first-order valence-electron chi connectivity index (χ1n) is 4.12. The second-order valence-electron chi connectivity index (χ2n) is 3.20. The van der Waals surface area contributed by atoms with Crippen molar-refractivity contribution in [3.63, 3.8) is 0 Å². The number of hydrogen-bond donors (Lipinski definition) is 2. The second kappa shape index (κ2) is 3.27. The molecule has 0 aromatic rings. The van der Waals surface area contributed by atoms with Crippen LogP contribution in [-0.4, -0.2) is 53.6 Å². The van der Waals surface area contributed by atoms with E-state index >= 15 is 0 Å². The highest BCUT2D eigenvalue weighted by Crippen LogP contribution is 2.24. The summed E-state index contributed by atoms with van der Waals surface area (Å²) in [5.74, 6) is 0. The lowest BCUT2D eigenvalue weighted by molar-refractivity contribution is -0.330. The first kappa shape index (κ1) is 8.40. The van der Waals surface area contributed by atoms with E-state index < -0.39 is 6.23 Å². The average molecular weight is 175 g/mol. The Balaban J connectivity index is 2.02. The third-order valence-corrected chi connectivity index (χ3v) is 2.33. The van der Waals surface area contributed by atoms with Crippen LogP contribution in [0.1, 0.15) is 6.42 Å². The first-order chi connectivity index (χ1) is 5.81. The van der Waals surface area contributed by atoms with Gasteiger partial charge in [0.1, 0.15) is 0 Å². The lowest BCUT2D eigenvalue weighted by Crippen LogP contribution is -2.58. The summed E-state index contributed by atoms with van der Waals surface area (Å²) in [7, 11) is 0. The standard InChI is InChI=1S/C7H13NO4/c9-2-6-1-5-3-11-4-7(12-6)8(5)10/h5-7,9-10H,1-4H2. The maximum atomic E-state index is 9.45. The van der Waals surface area contributed by atoms with Gasteiger partial charge in [-0.15, -0.1) is 0 Å². The molecule has 5 nitrogen and oxygen atoms in total. The molecule has 5 heteroatoms. The van der Waals surface area contributed by atoms with Gasteiger partial charge in [-0.2, -0.15) is 5.06 Å². The summed E-state index contributed by atoms with van der Waals surface area (Å²) in [5, 5.41) is 19.5. The number of aliphatic hydroxyl groups excluding tert-OH is 1. The van der Waals surface area contributed by atoms with Gasteiger partial charge in [-0.25, -0.2) is 0 Å². The van der Waals surface area contributed by atoms with Gasteiger partial charge in [0.2, 0.25) is 0 Å². The van der Waals surface area contributed by atoms with Crippen molar-refractivity contribution in [2.24, 2.45) is 0 Å². The van der Waals surface area contributed by atoms with Crippen LogP contribution >= 0.6 is 0 Å². The Kier molecular flexibility index (Phi) is 2.29. The van der Waals surface area contributed by atoms with E-state index in [0.717, 1.165) is 0 Å². The minimum Gasteiger partial charge on any atom is -0.394 e. The molecule has 0 amide bonds. The van der Waals surface area contributed by atoms with Crippen LogP contribution in [0, 0.1) is 0 Å². The normalized spacial score (nSPS) is 43.0. The SMILES string of the molecule is OCC1CC2COCC(O1)N2O. The van der Waals surface area contributed by atoms with E-state index in [1.54, 1.807) is 0 Å². The van der Waals surface area contributed by atoms with Gasteiger partial charge < -0.3 is 19.8 Å². The highest BCUT2D eigenvalue weighted by Gasteiger charge is 2.38. The first-order valence-corrected chi connectivity index (χ1v) is 4.12. The smallest absolute Gasteiger partial charge is 0.156 e. The minimum absolute atomic E-state index is 0.0147. The number of hydroxylamine groups is 2. The highest BCUT2D eigenvalue weighted by atomic mass is 16.6. The predicted octanol–water partition coefficient (Wildman–Crippen LogP) is -0.816. The largest absolute Gasteiger partial charge is 0.394 e. The number of ether oxygens (including phenoxy) is 2. The fraction of sp³-hybridized carbons (Fsp3) is 1.00. The van der Waals surface area contributed by atoms with Gasteiger partial charge in [0.05, 0.1) is 32.0 Å². The number of morpholine rings is 1. The fourth-order valence-corrected chi connectivity index (χ4v) is 1.67. The summed E-state index contributed by atoms with van der Waals surface area (Å²) in [6.07, 6.45) is 0.0886. The van der Waals surface area contributed by atoms with E-state index in [2.05, 4.69) is 0 Å². The average Bonchev–Trinajstić information content (AvgIpc) is 2.04. The van der Waals surface area contributed by atoms with Crippen molar-refractivity contribution >= 4 is 0 Å². The summed E-state index contributed by atoms with van der Waals surface area (Å²) in [4.78, 5) is 0. The van der Waals surface area contributed by atoms with Crippen LogP contribution in [0.25, 0.3) is 0 Å². The van der Waals surface area contributed by atoms with Crippen LogP contribution in [0.3, 0.4) is 0 Å². The fourth-order valence-electron chi connectivity index (χ4n) is 1.67. The molecule has 0 aromatic carbocycles. The van der Waals surface area contributed by atoms with Crippen molar-refractivity contribution in [2.75, 3.05) is 19.8 Å². The molecule has 2 aliphatic rings. The van der Waals surface area contributed by atoms with Crippen LogP contribution in [0.2, 0.25) is 0 Å². The zero-order valence-corrected chi connectivity index (χ0v) is 6.72. The van der Waals surface area contributed by atoms with E-state index in [0.29, 0.717) is 19.6 Å². The van der Waals surface area contributed by atoms with Crippen LogP contribution < -0.4 is 0 Å². The topological polar surface area (TPSA) is 62.2 Å². The molecular weight excluding hydrogens is 162 g/mol. The van der Waals surface area contributed by atoms with Crippen molar-refractivity contribution in [1.29, 1.82) is 0 Å². The predicted molar refractivity (Wildman–Crippen MR) is 38.6 cm³/mol. The minimum atomic E-state index is -0.394. The maximum Gasteiger partial charge on any atom is 0.156 e. The summed E-state index contributed by atoms with van der Waals surface area (Å²) >= 11 is 0. The molecule has 2 N–H and O–H groups in total. The molecule has 2 bridgehead atoms. The quantitative estimate of drug-likeness (QED) is 0.545. The molecule has 2 aliphatic heterocycles. The second-order valence-corrected chi connectivity index (χ2v) is 3.20. The summed E-state index contributed by atoms with van der Waals surface area (Å²) < 4.78 is 10.5. The van der Waals surface area contributed by atoms with Crippen molar-refractivity contribution in [3.05, 3.63) is 0 Å². The van der Waals surface area contributed by atoms with Gasteiger partial charge in [-0.3, -0.25) is 0 Å². The Morgan fingerprint density at radius 2 is 2.25 bits per heavy atom. The maximum absolute atomic E-state index is 9.45. The van der Waals surface area contributed by atoms with Gasteiger partial charge in [0.15, 0.2) is 6.23 Å². The van der Waals surface area contributed by atoms with Crippen molar-refractivity contribution in [2.45, 2.75) is 24.8 Å². The molecule has 0 aromatic heterocycles. The highest BCUT2D eigenvalue weighted by molar-refractivity contribution is 4.81. The molecule has 2 saturated heterocycles. The van der Waals surface area contributed by atoms with Crippen LogP contribution in [0.5, 0.6) is 0 Å². The molecule has 2 rings (SSSR count). The molecule has 3 atom stereocenters. The molecule has 2 fully saturated rings. The summed E-state index contributed by atoms with van der Waals surface area (Å²) in [5.41, 5.74) is 0. The van der Waals surface area contributed by atoms with Crippen molar-refractivity contribution in [3.8, 4) is 0 Å². The van der Waals surface area contributed by atoms with Crippen LogP contribution in [0.4, 0.5) is 0 Å². The molecular formula is C7H13NO4. The van der Waals surface area contributed by atoms with Crippen LogP contribution in [-0.2, 0) is 9.47 Å². The van der Waals surface area contributed by atoms with E-state index in [4.69, 9.17) is 14.6 Å². The van der Waals surface area contributed by atoms with Crippen molar-refractivity contribution < 1.29 is 19.8 Å². The monoisotopic (exact) mass is 175 g/mol. The third kappa shape index (κ3) is 1.34. The Hall–Kier alpha value is -0.200. The molecule has 12 heavy (non-hydrogen) atoms. The Morgan fingerprint density at radius 3 is 2.92 bits per heavy atom. The number of aliphatic hydroxyl groups is 1. The zero-order chi connectivity index (χ0) is 8.55. The Bertz CT molecular complexity index is 151. The lowest BCUT2D eigenvalue weighted by Gasteiger charge is -2.44. The molecule has 0 spiro atoms. The van der Waals surface area contributed by atoms with E-state index in [1.807, 2.05) is 0 Å². The Morgan fingerprint density at radius 1 is 1.42 bits per heavy atom. The number of fused-ring (bicyclic) bond motifs is 2. The van der Waals surface area contributed by atoms with E-state index in [-0.39, 0.29) is 18.8 Å². The molecule has 0 aliphatic carbocycles. The van der Waals surface area contributed by atoms with Crippen molar-refractivity contribution in [1.82, 2.24) is 5.06 Å². The van der Waals surface area contributed by atoms with E-state index in [1.165, 1.54) is 5.06 Å². The van der Waals surface area contributed by atoms with E-state index in [9.17, 15) is 5.21 Å². The van der Waals surface area contributed by atoms with Gasteiger partial charge in [0.25, 0.3) is 0 Å². The summed E-state index contributed by atoms with van der Waals surface area (Å²) in [6.45, 7) is 0.914. The third-order valence-electron chi connectivity index (χ3n) is 2.33. The van der Waals surface area contributed by atoms with Crippen LogP contribution in [0.15, 0.2) is 0 Å². The van der Waals surface area contributed by atoms with Gasteiger partial charge in [-0.1, -0.05) is 0 Å².